The first-order valence-corrected chi connectivity index (χ1v) is 5.03. The third-order valence-corrected chi connectivity index (χ3v) is 0. The Bertz CT molecular complexity index is 118. The Morgan fingerprint density at radius 2 is 0.917 bits per heavy atom. The summed E-state index contributed by atoms with van der Waals surface area (Å²) in [6.07, 6.45) is 0. The molecule has 0 rings (SSSR count). The van der Waals surface area contributed by atoms with Gasteiger partial charge in [0.2, 0.25) is 0 Å². The molecule has 0 aliphatic carbocycles. The topological polar surface area (TPSA) is 159 Å². The van der Waals surface area contributed by atoms with Crippen LogP contribution in [-0.2, 0) is 4.57 Å². The van der Waals surface area contributed by atoms with Gasteiger partial charge in [-0.25, -0.2) is 4.57 Å². The van der Waals surface area contributed by atoms with Crippen LogP contribution >= 0.6 is 7.82 Å². The van der Waals surface area contributed by atoms with Crippen molar-refractivity contribution in [2.75, 3.05) is 0 Å². The molecule has 12 heteroatoms. The van der Waals surface area contributed by atoms with E-state index in [9.17, 15) is 0 Å². The first kappa shape index (κ1) is 23.8. The predicted molar refractivity (Wildman–Crippen MR) is 31.1 cm³/mol. The molecular weight excluding hydrogens is 233 g/mol. The molecule has 0 radical (unpaired) electrons. The van der Waals surface area contributed by atoms with Crippen LogP contribution in [0.3, 0.4) is 0 Å². The van der Waals surface area contributed by atoms with Crippen LogP contribution in [0, 0.1) is 0 Å². The summed E-state index contributed by atoms with van der Waals surface area (Å²) in [6, 6.07) is 0. The van der Waals surface area contributed by atoms with Crippen LogP contribution in [0.25, 0.3) is 0 Å². The minimum atomic E-state index is -4.64. The second-order valence-electron chi connectivity index (χ2n) is 1.11. The number of hydrogen-bond acceptors (Lipinski definition) is 5. The number of phosphoric acid groups is 1. The minimum absolute atomic E-state index is 0. The first-order valence-electron chi connectivity index (χ1n) is 1.68. The monoisotopic (exact) mass is 242 g/mol. The summed E-state index contributed by atoms with van der Waals surface area (Å²) >= 11 is 0. The van der Waals surface area contributed by atoms with Gasteiger partial charge in [0.15, 0.2) is 0 Å². The normalized spacial score (nSPS) is 9.92. The average molecular weight is 242 g/mol. The summed E-state index contributed by atoms with van der Waals surface area (Å²) in [5.41, 5.74) is 0. The van der Waals surface area contributed by atoms with E-state index in [1.54, 1.807) is 0 Å². The largest absolute Gasteiger partial charge is 1.00 e. The van der Waals surface area contributed by atoms with Crippen molar-refractivity contribution >= 4 is 16.9 Å². The molecule has 68 valence electrons. The molecule has 0 unspecified atom stereocenters. The fourth-order valence-electron chi connectivity index (χ4n) is 0. The van der Waals surface area contributed by atoms with Gasteiger partial charge in [-0.05, 0) is 0 Å². The molecule has 0 aromatic carbocycles. The van der Waals surface area contributed by atoms with E-state index in [0.717, 1.165) is 0 Å². The van der Waals surface area contributed by atoms with Crippen molar-refractivity contribution in [3.8, 4) is 0 Å². The van der Waals surface area contributed by atoms with E-state index >= 15 is 0 Å². The molecule has 0 saturated carbocycles. The van der Waals surface area contributed by atoms with Gasteiger partial charge in [-0.2, -0.15) is 0 Å². The van der Waals surface area contributed by atoms with Gasteiger partial charge in [0.25, 0.3) is 0 Å². The van der Waals surface area contributed by atoms with Gasteiger partial charge in [0.05, 0.1) is 0 Å². The van der Waals surface area contributed by atoms with Gasteiger partial charge in [-0.1, -0.05) is 0 Å². The van der Waals surface area contributed by atoms with Crippen molar-refractivity contribution in [3.05, 3.63) is 0 Å². The number of hydrogen-bond donors (Lipinski definition) is 7. The van der Waals surface area contributed by atoms with Crippen LogP contribution in [0.4, 0.5) is 0 Å². The molecule has 0 aliphatic rings. The molecule has 0 spiro atoms. The molecule has 7 N–H and O–H groups in total. The average Bonchev–Trinajstić information content (AvgIpc) is 1.12. The molecular formula is H9Na2O8PSi. The molecule has 0 bridgehead atoms. The second-order valence-corrected chi connectivity index (χ2v) is 3.34. The van der Waals surface area contributed by atoms with Crippen LogP contribution in [0.2, 0.25) is 0 Å². The van der Waals surface area contributed by atoms with Crippen LogP contribution < -0.4 is 59.1 Å². The summed E-state index contributed by atoms with van der Waals surface area (Å²) < 4.78 is 8.88. The Morgan fingerprint density at radius 3 is 0.917 bits per heavy atom. The second kappa shape index (κ2) is 9.71. The van der Waals surface area contributed by atoms with Gasteiger partial charge in [-0.15, -0.1) is 0 Å². The summed E-state index contributed by atoms with van der Waals surface area (Å²) in [5.74, 6) is 0. The van der Waals surface area contributed by atoms with E-state index in [2.05, 4.69) is 0 Å². The SMILES string of the molecule is O=P(O)(O)O.O[Si](O)(O)O.[H-].[H-].[Na+].[Na+]. The standard InChI is InChI=1S/2Na.H3O4P.H4O4Si.2H/c;;2*1-5(2,3)4;;/h;;(H3,1,2,3,4);1-4H;;/q2*+1;;;2*-1. The summed E-state index contributed by atoms with van der Waals surface area (Å²) in [4.78, 5) is 50.9. The van der Waals surface area contributed by atoms with Gasteiger partial charge in [0.1, 0.15) is 0 Å². The van der Waals surface area contributed by atoms with Gasteiger partial charge >= 0.3 is 76.0 Å². The van der Waals surface area contributed by atoms with E-state index in [-0.39, 0.29) is 62.0 Å². The van der Waals surface area contributed by atoms with Crippen LogP contribution in [0.1, 0.15) is 2.85 Å². The molecule has 0 aliphatic heterocycles. The smallest absolute Gasteiger partial charge is 1.00 e. The molecule has 0 saturated heterocycles. The zero-order valence-electron chi connectivity index (χ0n) is 8.49. The minimum Gasteiger partial charge on any atom is -1.00 e. The summed E-state index contributed by atoms with van der Waals surface area (Å²) in [5, 5.41) is 0. The molecule has 0 fully saturated rings. The third-order valence-electron chi connectivity index (χ3n) is 0. The van der Waals surface area contributed by atoms with Gasteiger partial charge in [0, 0.05) is 0 Å². The Kier molecular flexibility index (Phi) is 19.2. The van der Waals surface area contributed by atoms with Crippen molar-refractivity contribution in [1.29, 1.82) is 0 Å². The number of rotatable bonds is 0. The van der Waals surface area contributed by atoms with E-state index in [4.69, 9.17) is 38.4 Å². The van der Waals surface area contributed by atoms with Crippen molar-refractivity contribution in [2.45, 2.75) is 0 Å². The van der Waals surface area contributed by atoms with Crippen molar-refractivity contribution < 1.29 is 100 Å². The molecule has 0 amide bonds. The molecule has 0 atom stereocenters. The van der Waals surface area contributed by atoms with Crippen molar-refractivity contribution in [1.82, 2.24) is 0 Å². The van der Waals surface area contributed by atoms with E-state index in [1.807, 2.05) is 0 Å². The molecule has 8 nitrogen and oxygen atoms in total. The predicted octanol–water partition coefficient (Wildman–Crippen LogP) is -9.30. The zero-order chi connectivity index (χ0) is 9.00. The Labute approximate surface area is 116 Å². The first-order chi connectivity index (χ1) is 4.00. The summed E-state index contributed by atoms with van der Waals surface area (Å²) in [6.45, 7) is 0. The fraction of sp³-hybridized carbons (Fsp3) is 0. The van der Waals surface area contributed by atoms with Crippen molar-refractivity contribution in [3.63, 3.8) is 0 Å². The van der Waals surface area contributed by atoms with E-state index in [0.29, 0.717) is 0 Å². The summed E-state index contributed by atoms with van der Waals surface area (Å²) in [7, 11) is -9.25. The van der Waals surface area contributed by atoms with E-state index < -0.39 is 16.9 Å². The van der Waals surface area contributed by atoms with Crippen LogP contribution in [0.5, 0.6) is 0 Å². The Morgan fingerprint density at radius 1 is 0.917 bits per heavy atom. The van der Waals surface area contributed by atoms with Gasteiger partial charge < -0.3 is 36.7 Å². The Balaban J connectivity index is -0.0000000178. The Hall–Kier alpha value is 2.17. The molecule has 12 heavy (non-hydrogen) atoms. The van der Waals surface area contributed by atoms with E-state index in [1.165, 1.54) is 0 Å². The maximum atomic E-state index is 8.88. The quantitative estimate of drug-likeness (QED) is 0.163. The zero-order valence-corrected chi connectivity index (χ0v) is 12.4. The fourth-order valence-corrected chi connectivity index (χ4v) is 0. The van der Waals surface area contributed by atoms with Crippen LogP contribution in [-0.4, -0.2) is 42.9 Å². The maximum Gasteiger partial charge on any atom is 1.00 e. The van der Waals surface area contributed by atoms with Gasteiger partial charge in [-0.3, -0.25) is 0 Å². The molecule has 0 aromatic rings. The molecule has 0 heterocycles. The molecule has 0 aromatic heterocycles. The van der Waals surface area contributed by atoms with Crippen LogP contribution in [0.15, 0.2) is 0 Å². The van der Waals surface area contributed by atoms with Crippen molar-refractivity contribution in [2.24, 2.45) is 0 Å². The third kappa shape index (κ3) is 323. The maximum absolute atomic E-state index is 8.88.